The third-order valence-electron chi connectivity index (χ3n) is 3.39. The van der Waals surface area contributed by atoms with Gasteiger partial charge in [-0.2, -0.15) is 0 Å². The number of nitrogens with two attached hydrogens (primary N) is 1. The number of anilines is 1. The standard InChI is InChI=1S/C16H16N2O/c1-10(2)11-4-3-5-12(8-11)13-6-7-14-15(9-13)19-18-16(14)17/h3-10H,1-2H3,(H2,17,18). The Morgan fingerprint density at radius 2 is 1.84 bits per heavy atom. The van der Waals surface area contributed by atoms with Gasteiger partial charge in [0.25, 0.3) is 0 Å². The van der Waals surface area contributed by atoms with Crippen molar-refractivity contribution in [2.24, 2.45) is 0 Å². The van der Waals surface area contributed by atoms with Crippen LogP contribution in [0.1, 0.15) is 25.3 Å². The zero-order chi connectivity index (χ0) is 13.4. The van der Waals surface area contributed by atoms with Crippen molar-refractivity contribution in [3.63, 3.8) is 0 Å². The molecule has 19 heavy (non-hydrogen) atoms. The zero-order valence-electron chi connectivity index (χ0n) is 11.1. The van der Waals surface area contributed by atoms with Crippen LogP contribution < -0.4 is 5.73 Å². The van der Waals surface area contributed by atoms with Gasteiger partial charge < -0.3 is 10.3 Å². The minimum absolute atomic E-state index is 0.442. The first-order valence-electron chi connectivity index (χ1n) is 6.40. The van der Waals surface area contributed by atoms with Gasteiger partial charge in [0.15, 0.2) is 11.4 Å². The lowest BCUT2D eigenvalue weighted by Crippen LogP contribution is -1.88. The van der Waals surface area contributed by atoms with E-state index in [1.165, 1.54) is 11.1 Å². The van der Waals surface area contributed by atoms with Crippen LogP contribution in [0.4, 0.5) is 5.82 Å². The molecule has 0 aliphatic carbocycles. The van der Waals surface area contributed by atoms with Crippen molar-refractivity contribution in [3.8, 4) is 11.1 Å². The second kappa shape index (κ2) is 4.43. The molecule has 0 bridgehead atoms. The number of benzene rings is 2. The van der Waals surface area contributed by atoms with Crippen LogP contribution in [0, 0.1) is 0 Å². The van der Waals surface area contributed by atoms with Crippen LogP contribution in [-0.4, -0.2) is 5.16 Å². The average Bonchev–Trinajstić information content (AvgIpc) is 2.80. The van der Waals surface area contributed by atoms with Gasteiger partial charge in [0.1, 0.15) is 0 Å². The van der Waals surface area contributed by atoms with E-state index < -0.39 is 0 Å². The molecule has 1 aromatic heterocycles. The molecule has 0 aliphatic rings. The Balaban J connectivity index is 2.10. The van der Waals surface area contributed by atoms with E-state index in [-0.39, 0.29) is 0 Å². The molecule has 0 spiro atoms. The Kier molecular flexibility index (Phi) is 2.75. The topological polar surface area (TPSA) is 52.0 Å². The van der Waals surface area contributed by atoms with Crippen molar-refractivity contribution in [1.82, 2.24) is 5.16 Å². The maximum absolute atomic E-state index is 5.72. The predicted molar refractivity (Wildman–Crippen MR) is 77.9 cm³/mol. The smallest absolute Gasteiger partial charge is 0.174 e. The zero-order valence-corrected chi connectivity index (χ0v) is 11.1. The van der Waals surface area contributed by atoms with Gasteiger partial charge in [0.2, 0.25) is 0 Å². The third kappa shape index (κ3) is 2.08. The second-order valence-corrected chi connectivity index (χ2v) is 5.06. The second-order valence-electron chi connectivity index (χ2n) is 5.06. The number of nitrogen functional groups attached to an aromatic ring is 1. The first-order chi connectivity index (χ1) is 9.15. The fourth-order valence-corrected chi connectivity index (χ4v) is 2.21. The summed E-state index contributed by atoms with van der Waals surface area (Å²) >= 11 is 0. The summed E-state index contributed by atoms with van der Waals surface area (Å²) in [7, 11) is 0. The fraction of sp³-hybridized carbons (Fsp3) is 0.188. The first kappa shape index (κ1) is 11.8. The summed E-state index contributed by atoms with van der Waals surface area (Å²) in [4.78, 5) is 0. The maximum atomic E-state index is 5.72. The van der Waals surface area contributed by atoms with Gasteiger partial charge in [-0.05, 0) is 34.7 Å². The highest BCUT2D eigenvalue weighted by atomic mass is 16.5. The molecule has 0 atom stereocenters. The van der Waals surface area contributed by atoms with Crippen LogP contribution in [0.25, 0.3) is 22.1 Å². The highest BCUT2D eigenvalue weighted by Crippen LogP contribution is 2.28. The Hall–Kier alpha value is -2.29. The van der Waals surface area contributed by atoms with Crippen LogP contribution in [0.5, 0.6) is 0 Å². The maximum Gasteiger partial charge on any atom is 0.174 e. The van der Waals surface area contributed by atoms with Crippen LogP contribution in [-0.2, 0) is 0 Å². The molecule has 3 rings (SSSR count). The van der Waals surface area contributed by atoms with Crippen molar-refractivity contribution in [2.45, 2.75) is 19.8 Å². The number of nitrogens with zero attached hydrogens (tertiary/aromatic N) is 1. The molecule has 1 heterocycles. The minimum atomic E-state index is 0.442. The molecular formula is C16H16N2O. The number of hydrogen-bond donors (Lipinski definition) is 1. The summed E-state index contributed by atoms with van der Waals surface area (Å²) in [6, 6.07) is 14.5. The first-order valence-corrected chi connectivity index (χ1v) is 6.40. The quantitative estimate of drug-likeness (QED) is 0.743. The SMILES string of the molecule is CC(C)c1cccc(-c2ccc3c(N)noc3c2)c1. The van der Waals surface area contributed by atoms with E-state index >= 15 is 0 Å². The largest absolute Gasteiger partial charge is 0.380 e. The molecular weight excluding hydrogens is 236 g/mol. The van der Waals surface area contributed by atoms with Crippen molar-refractivity contribution in [2.75, 3.05) is 5.73 Å². The van der Waals surface area contributed by atoms with Gasteiger partial charge in [-0.25, -0.2) is 0 Å². The lowest BCUT2D eigenvalue weighted by atomic mass is 9.97. The summed E-state index contributed by atoms with van der Waals surface area (Å²) in [5.74, 6) is 0.960. The van der Waals surface area contributed by atoms with E-state index in [1.54, 1.807) is 0 Å². The van der Waals surface area contributed by atoms with Crippen LogP contribution in [0.3, 0.4) is 0 Å². The minimum Gasteiger partial charge on any atom is -0.380 e. The molecule has 0 amide bonds. The van der Waals surface area contributed by atoms with Crippen molar-refractivity contribution < 1.29 is 4.52 Å². The number of rotatable bonds is 2. The highest BCUT2D eigenvalue weighted by Gasteiger charge is 2.07. The van der Waals surface area contributed by atoms with E-state index in [1.807, 2.05) is 12.1 Å². The Morgan fingerprint density at radius 3 is 2.63 bits per heavy atom. The van der Waals surface area contributed by atoms with Gasteiger partial charge in [0.05, 0.1) is 5.39 Å². The Bertz CT molecular complexity index is 728. The molecule has 3 aromatic rings. The molecule has 0 radical (unpaired) electrons. The summed E-state index contributed by atoms with van der Waals surface area (Å²) in [6.45, 7) is 4.39. The lowest BCUT2D eigenvalue weighted by Gasteiger charge is -2.08. The Labute approximate surface area is 112 Å². The predicted octanol–water partition coefficient (Wildman–Crippen LogP) is 4.20. The molecule has 0 saturated carbocycles. The molecule has 0 fully saturated rings. The molecule has 3 heteroatoms. The van der Waals surface area contributed by atoms with E-state index in [0.717, 1.165) is 16.5 Å². The van der Waals surface area contributed by atoms with E-state index in [2.05, 4.69) is 49.3 Å². The summed E-state index contributed by atoms with van der Waals surface area (Å²) in [5, 5.41) is 4.64. The van der Waals surface area contributed by atoms with Crippen LogP contribution in [0.2, 0.25) is 0 Å². The monoisotopic (exact) mass is 252 g/mol. The van der Waals surface area contributed by atoms with E-state index in [0.29, 0.717) is 11.7 Å². The van der Waals surface area contributed by atoms with Crippen molar-refractivity contribution in [1.29, 1.82) is 0 Å². The molecule has 2 aromatic carbocycles. The van der Waals surface area contributed by atoms with Crippen LogP contribution in [0.15, 0.2) is 47.0 Å². The molecule has 0 unspecified atom stereocenters. The Morgan fingerprint density at radius 1 is 1.05 bits per heavy atom. The lowest BCUT2D eigenvalue weighted by molar-refractivity contribution is 0.460. The van der Waals surface area contributed by atoms with Crippen molar-refractivity contribution in [3.05, 3.63) is 48.0 Å². The fourth-order valence-electron chi connectivity index (χ4n) is 2.21. The summed E-state index contributed by atoms with van der Waals surface area (Å²) in [5.41, 5.74) is 10.1. The van der Waals surface area contributed by atoms with Gasteiger partial charge in [-0.15, -0.1) is 0 Å². The highest BCUT2D eigenvalue weighted by molar-refractivity contribution is 5.90. The number of fused-ring (bicyclic) bond motifs is 1. The molecule has 0 saturated heterocycles. The van der Waals surface area contributed by atoms with E-state index in [4.69, 9.17) is 10.3 Å². The third-order valence-corrected chi connectivity index (χ3v) is 3.39. The molecule has 3 nitrogen and oxygen atoms in total. The molecule has 96 valence electrons. The number of hydrogen-bond acceptors (Lipinski definition) is 3. The normalized spacial score (nSPS) is 11.3. The van der Waals surface area contributed by atoms with Crippen molar-refractivity contribution >= 4 is 16.8 Å². The van der Waals surface area contributed by atoms with Gasteiger partial charge >= 0.3 is 0 Å². The summed E-state index contributed by atoms with van der Waals surface area (Å²) < 4.78 is 5.21. The summed E-state index contributed by atoms with van der Waals surface area (Å²) in [6.07, 6.45) is 0. The van der Waals surface area contributed by atoms with Crippen LogP contribution >= 0.6 is 0 Å². The van der Waals surface area contributed by atoms with Gasteiger partial charge in [-0.1, -0.05) is 49.3 Å². The number of aromatic nitrogens is 1. The van der Waals surface area contributed by atoms with Gasteiger partial charge in [-0.3, -0.25) is 0 Å². The molecule has 2 N–H and O–H groups in total. The average molecular weight is 252 g/mol. The molecule has 0 aliphatic heterocycles. The van der Waals surface area contributed by atoms with E-state index in [9.17, 15) is 0 Å². The van der Waals surface area contributed by atoms with Gasteiger partial charge in [0, 0.05) is 0 Å².